The van der Waals surface area contributed by atoms with Crippen molar-refractivity contribution in [1.29, 1.82) is 0 Å². The van der Waals surface area contributed by atoms with E-state index in [1.165, 1.54) is 19.1 Å². The van der Waals surface area contributed by atoms with E-state index in [9.17, 15) is 33.0 Å². The molecule has 3 N–H and O–H groups in total. The number of carboxylic acid groups (broad SMARTS) is 2. The molecule has 1 aromatic rings. The molecule has 0 saturated heterocycles. The van der Waals surface area contributed by atoms with Crippen molar-refractivity contribution in [1.82, 2.24) is 5.43 Å². The summed E-state index contributed by atoms with van der Waals surface area (Å²) in [7, 11) is 0. The fourth-order valence-corrected chi connectivity index (χ4v) is 2.29. The molecule has 0 fully saturated rings. The van der Waals surface area contributed by atoms with Crippen molar-refractivity contribution >= 4 is 17.7 Å². The van der Waals surface area contributed by atoms with Gasteiger partial charge in [0.05, 0.1) is 11.5 Å². The van der Waals surface area contributed by atoms with Crippen LogP contribution < -0.4 is 10.2 Å². The van der Waals surface area contributed by atoms with Gasteiger partial charge in [0.25, 0.3) is 0 Å². The van der Waals surface area contributed by atoms with Gasteiger partial charge >= 0.3 is 18.3 Å². The van der Waals surface area contributed by atoms with Gasteiger partial charge in [-0.1, -0.05) is 12.1 Å². The molecule has 24 heavy (non-hydrogen) atoms. The Labute approximate surface area is 133 Å². The van der Waals surface area contributed by atoms with Crippen molar-refractivity contribution in [2.24, 2.45) is 5.10 Å². The Hall–Kier alpha value is -3.04. The molecule has 1 heterocycles. The lowest BCUT2D eigenvalue weighted by Gasteiger charge is -2.24. The second-order valence-electron chi connectivity index (χ2n) is 4.81. The lowest BCUT2D eigenvalue weighted by atomic mass is 9.84. The van der Waals surface area contributed by atoms with Crippen LogP contribution in [0, 0.1) is 0 Å². The van der Waals surface area contributed by atoms with Crippen molar-refractivity contribution in [2.75, 3.05) is 0 Å². The predicted octanol–water partition coefficient (Wildman–Crippen LogP) is 2.07. The van der Waals surface area contributed by atoms with Crippen LogP contribution in [-0.4, -0.2) is 34.2 Å². The van der Waals surface area contributed by atoms with Crippen LogP contribution in [0.5, 0.6) is 5.75 Å². The standard InChI is InChI=1S/C14H11F3N2O5/c1-6-9(12(20)21)10(11(13(22)23)19-18-6)7-3-2-4-8(5-7)24-14(15,16)17/h2-5,10,18H,1H3,(H,20,21)(H,22,23). The average Bonchev–Trinajstić information content (AvgIpc) is 2.44. The third-order valence-electron chi connectivity index (χ3n) is 3.18. The number of hydrogen-bond acceptors (Lipinski definition) is 5. The summed E-state index contributed by atoms with van der Waals surface area (Å²) < 4.78 is 40.8. The maximum atomic E-state index is 12.3. The highest BCUT2D eigenvalue weighted by atomic mass is 19.4. The van der Waals surface area contributed by atoms with Crippen LogP contribution in [0.15, 0.2) is 40.6 Å². The number of hydrogen-bond donors (Lipinski definition) is 3. The van der Waals surface area contributed by atoms with E-state index in [0.717, 1.165) is 12.1 Å². The Morgan fingerprint density at radius 2 is 1.92 bits per heavy atom. The smallest absolute Gasteiger partial charge is 0.478 e. The number of ether oxygens (including phenoxy) is 1. The van der Waals surface area contributed by atoms with Crippen molar-refractivity contribution in [3.63, 3.8) is 0 Å². The Kier molecular flexibility index (Phi) is 4.49. The van der Waals surface area contributed by atoms with Crippen LogP contribution in [-0.2, 0) is 9.59 Å². The number of aliphatic carboxylic acids is 2. The first-order valence-corrected chi connectivity index (χ1v) is 6.47. The van der Waals surface area contributed by atoms with Crippen LogP contribution >= 0.6 is 0 Å². The first-order valence-electron chi connectivity index (χ1n) is 6.47. The average molecular weight is 344 g/mol. The molecule has 128 valence electrons. The fraction of sp³-hybridized carbons (Fsp3) is 0.214. The summed E-state index contributed by atoms with van der Waals surface area (Å²) in [5.41, 5.74) is 1.49. The molecule has 1 aliphatic heterocycles. The molecule has 1 aliphatic rings. The van der Waals surface area contributed by atoms with E-state index >= 15 is 0 Å². The van der Waals surface area contributed by atoms with E-state index in [1.54, 1.807) is 0 Å². The monoisotopic (exact) mass is 344 g/mol. The first-order chi connectivity index (χ1) is 11.1. The van der Waals surface area contributed by atoms with Crippen LogP contribution in [0.25, 0.3) is 0 Å². The maximum absolute atomic E-state index is 12.3. The molecule has 0 aliphatic carbocycles. The summed E-state index contributed by atoms with van der Waals surface area (Å²) in [4.78, 5) is 22.8. The number of rotatable bonds is 4. The highest BCUT2D eigenvalue weighted by Gasteiger charge is 2.37. The summed E-state index contributed by atoms with van der Waals surface area (Å²) in [6.45, 7) is 1.37. The summed E-state index contributed by atoms with van der Waals surface area (Å²) in [6.07, 6.45) is -4.93. The van der Waals surface area contributed by atoms with Crippen LogP contribution in [0.1, 0.15) is 18.4 Å². The molecule has 0 spiro atoms. The topological polar surface area (TPSA) is 108 Å². The van der Waals surface area contributed by atoms with Gasteiger partial charge in [-0.3, -0.25) is 5.43 Å². The molecule has 2 rings (SSSR count). The Morgan fingerprint density at radius 1 is 1.25 bits per heavy atom. The first kappa shape index (κ1) is 17.3. The number of carbonyl (C=O) groups is 2. The number of nitrogens with zero attached hydrogens (tertiary/aromatic N) is 1. The minimum atomic E-state index is -4.93. The quantitative estimate of drug-likeness (QED) is 0.772. The number of halogens is 3. The van der Waals surface area contributed by atoms with Crippen molar-refractivity contribution in [3.05, 3.63) is 41.1 Å². The Bertz CT molecular complexity index is 755. The normalized spacial score (nSPS) is 17.8. The zero-order chi connectivity index (χ0) is 18.1. The Balaban J connectivity index is 2.54. The number of hydrazone groups is 1. The lowest BCUT2D eigenvalue weighted by molar-refractivity contribution is -0.274. The number of allylic oxidation sites excluding steroid dienone is 1. The molecule has 1 atom stereocenters. The SMILES string of the molecule is CC1=C(C(=O)O)C(c2cccc(OC(F)(F)F)c2)C(C(=O)O)=NN1. The van der Waals surface area contributed by atoms with Gasteiger partial charge in [-0.2, -0.15) is 5.10 Å². The molecule has 0 radical (unpaired) electrons. The molecule has 1 unspecified atom stereocenters. The van der Waals surface area contributed by atoms with E-state index in [1.807, 2.05) is 0 Å². The fourth-order valence-electron chi connectivity index (χ4n) is 2.29. The van der Waals surface area contributed by atoms with Crippen molar-refractivity contribution in [3.8, 4) is 5.75 Å². The second kappa shape index (κ2) is 6.22. The minimum Gasteiger partial charge on any atom is -0.478 e. The largest absolute Gasteiger partial charge is 0.573 e. The third-order valence-corrected chi connectivity index (χ3v) is 3.18. The molecule has 0 aromatic heterocycles. The van der Waals surface area contributed by atoms with Gasteiger partial charge in [-0.15, -0.1) is 13.2 Å². The van der Waals surface area contributed by atoms with E-state index in [-0.39, 0.29) is 16.8 Å². The summed E-state index contributed by atoms with van der Waals surface area (Å²) in [5, 5.41) is 22.1. The number of alkyl halides is 3. The summed E-state index contributed by atoms with van der Waals surface area (Å²) >= 11 is 0. The van der Waals surface area contributed by atoms with Gasteiger partial charge < -0.3 is 14.9 Å². The molecular formula is C14H11F3N2O5. The molecule has 10 heteroatoms. The van der Waals surface area contributed by atoms with Crippen molar-refractivity contribution < 1.29 is 37.7 Å². The summed E-state index contributed by atoms with van der Waals surface area (Å²) in [6, 6.07) is 4.45. The highest BCUT2D eigenvalue weighted by Crippen LogP contribution is 2.33. The maximum Gasteiger partial charge on any atom is 0.573 e. The molecule has 7 nitrogen and oxygen atoms in total. The predicted molar refractivity (Wildman–Crippen MR) is 74.4 cm³/mol. The third kappa shape index (κ3) is 3.65. The molecule has 0 saturated carbocycles. The van der Waals surface area contributed by atoms with Gasteiger partial charge in [-0.05, 0) is 24.6 Å². The summed E-state index contributed by atoms with van der Waals surface area (Å²) in [5.74, 6) is -4.86. The van der Waals surface area contributed by atoms with Gasteiger partial charge in [0.2, 0.25) is 0 Å². The highest BCUT2D eigenvalue weighted by molar-refractivity contribution is 6.39. The van der Waals surface area contributed by atoms with Crippen LogP contribution in [0.4, 0.5) is 13.2 Å². The van der Waals surface area contributed by atoms with Gasteiger partial charge in [-0.25, -0.2) is 9.59 Å². The lowest BCUT2D eigenvalue weighted by Crippen LogP contribution is -2.34. The van der Waals surface area contributed by atoms with E-state index < -0.39 is 35.7 Å². The Morgan fingerprint density at radius 3 is 2.46 bits per heavy atom. The molecule has 1 aromatic carbocycles. The zero-order valence-corrected chi connectivity index (χ0v) is 12.1. The minimum absolute atomic E-state index is 0.00356. The number of benzene rings is 1. The van der Waals surface area contributed by atoms with Crippen LogP contribution in [0.3, 0.4) is 0 Å². The van der Waals surface area contributed by atoms with E-state index in [0.29, 0.717) is 0 Å². The van der Waals surface area contributed by atoms with Gasteiger partial charge in [0.15, 0.2) is 5.71 Å². The van der Waals surface area contributed by atoms with Crippen molar-refractivity contribution in [2.45, 2.75) is 19.2 Å². The number of nitrogens with one attached hydrogen (secondary N) is 1. The number of carboxylic acids is 2. The van der Waals surface area contributed by atoms with E-state index in [2.05, 4.69) is 15.3 Å². The van der Waals surface area contributed by atoms with E-state index in [4.69, 9.17) is 0 Å². The molecule has 0 bridgehead atoms. The zero-order valence-electron chi connectivity index (χ0n) is 12.1. The van der Waals surface area contributed by atoms with Crippen LogP contribution in [0.2, 0.25) is 0 Å². The van der Waals surface area contributed by atoms with Gasteiger partial charge in [0, 0.05) is 5.70 Å². The van der Waals surface area contributed by atoms with Gasteiger partial charge in [0.1, 0.15) is 5.75 Å². The molecule has 0 amide bonds. The molecular weight excluding hydrogens is 333 g/mol. The second-order valence-corrected chi connectivity index (χ2v) is 4.81.